The molecular formula is C40H26N4. The van der Waals surface area contributed by atoms with Crippen LogP contribution in [0.3, 0.4) is 0 Å². The van der Waals surface area contributed by atoms with Crippen molar-refractivity contribution in [1.29, 1.82) is 5.26 Å². The lowest BCUT2D eigenvalue weighted by Gasteiger charge is -2.26. The lowest BCUT2D eigenvalue weighted by molar-refractivity contribution is 0.552. The molecule has 1 aliphatic rings. The van der Waals surface area contributed by atoms with Crippen LogP contribution in [0.25, 0.3) is 70.7 Å². The van der Waals surface area contributed by atoms with Crippen LogP contribution in [0.5, 0.6) is 0 Å². The first-order valence-corrected chi connectivity index (χ1v) is 15.4. The third-order valence-corrected chi connectivity index (χ3v) is 9.90. The number of nitriles is 1. The molecule has 206 valence electrons. The minimum atomic E-state index is 0.0558. The highest BCUT2D eigenvalue weighted by atomic mass is 15.0. The van der Waals surface area contributed by atoms with E-state index in [1.165, 1.54) is 76.2 Å². The first kappa shape index (κ1) is 23.9. The third kappa shape index (κ3) is 2.98. The van der Waals surface area contributed by atoms with Gasteiger partial charge in [-0.25, -0.2) is 4.99 Å². The first-order chi connectivity index (χ1) is 21.8. The molecular weight excluding hydrogens is 536 g/mol. The molecule has 9 aromatic rings. The second-order valence-electron chi connectivity index (χ2n) is 12.1. The zero-order chi connectivity index (χ0) is 28.9. The van der Waals surface area contributed by atoms with Crippen LogP contribution in [0.4, 0.5) is 5.69 Å². The summed E-state index contributed by atoms with van der Waals surface area (Å²) < 4.78 is 5.13. The minimum Gasteiger partial charge on any atom is -0.332 e. The van der Waals surface area contributed by atoms with Gasteiger partial charge in [-0.05, 0) is 42.5 Å². The SMILES string of the molecule is N#CC1=Nc2ccccc2C(n2c3c4ccccc4ccc3c3cc4c5ccccc5n5c6ccccc6c(c32)c45)CCC1. The summed E-state index contributed by atoms with van der Waals surface area (Å²) in [6.07, 6.45) is 2.50. The predicted octanol–water partition coefficient (Wildman–Crippen LogP) is 10.5. The van der Waals surface area contributed by atoms with E-state index < -0.39 is 0 Å². The molecule has 1 atom stereocenters. The molecule has 4 heterocycles. The summed E-state index contributed by atoms with van der Waals surface area (Å²) in [5.41, 5.74) is 9.01. The molecule has 1 aliphatic heterocycles. The van der Waals surface area contributed by atoms with Crippen LogP contribution in [0.15, 0.2) is 120 Å². The molecule has 1 unspecified atom stereocenters. The Balaban J connectivity index is 1.49. The van der Waals surface area contributed by atoms with Crippen molar-refractivity contribution in [1.82, 2.24) is 8.97 Å². The quantitative estimate of drug-likeness (QED) is 0.196. The lowest BCUT2D eigenvalue weighted by atomic mass is 9.95. The van der Waals surface area contributed by atoms with Gasteiger partial charge in [-0.1, -0.05) is 91.0 Å². The smallest absolute Gasteiger partial charge is 0.118 e. The number of aromatic nitrogens is 2. The van der Waals surface area contributed by atoms with Crippen molar-refractivity contribution in [3.05, 3.63) is 121 Å². The van der Waals surface area contributed by atoms with E-state index in [-0.39, 0.29) is 6.04 Å². The minimum absolute atomic E-state index is 0.0558. The topological polar surface area (TPSA) is 45.5 Å². The van der Waals surface area contributed by atoms with Gasteiger partial charge in [0.25, 0.3) is 0 Å². The maximum Gasteiger partial charge on any atom is 0.118 e. The Labute approximate surface area is 253 Å². The van der Waals surface area contributed by atoms with Crippen LogP contribution in [0, 0.1) is 11.3 Å². The summed E-state index contributed by atoms with van der Waals surface area (Å²) in [7, 11) is 0. The zero-order valence-electron chi connectivity index (χ0n) is 24.0. The summed E-state index contributed by atoms with van der Waals surface area (Å²) >= 11 is 0. The van der Waals surface area contributed by atoms with Gasteiger partial charge in [0, 0.05) is 49.7 Å². The van der Waals surface area contributed by atoms with Gasteiger partial charge in [0.05, 0.1) is 39.3 Å². The summed E-state index contributed by atoms with van der Waals surface area (Å²) in [5, 5.41) is 20.1. The zero-order valence-corrected chi connectivity index (χ0v) is 24.0. The number of fused-ring (bicyclic) bond motifs is 13. The first-order valence-electron chi connectivity index (χ1n) is 15.4. The van der Waals surface area contributed by atoms with Crippen LogP contribution in [-0.4, -0.2) is 14.7 Å². The van der Waals surface area contributed by atoms with Crippen molar-refractivity contribution >= 4 is 82.1 Å². The van der Waals surface area contributed by atoms with Gasteiger partial charge >= 0.3 is 0 Å². The van der Waals surface area contributed by atoms with Gasteiger partial charge in [-0.3, -0.25) is 0 Å². The Morgan fingerprint density at radius 1 is 0.636 bits per heavy atom. The Morgan fingerprint density at radius 2 is 1.34 bits per heavy atom. The fourth-order valence-corrected chi connectivity index (χ4v) is 8.15. The molecule has 0 N–H and O–H groups in total. The van der Waals surface area contributed by atoms with E-state index in [1.54, 1.807) is 0 Å². The number of hydrogen-bond acceptors (Lipinski definition) is 2. The number of para-hydroxylation sites is 3. The van der Waals surface area contributed by atoms with Crippen LogP contribution >= 0.6 is 0 Å². The summed E-state index contributed by atoms with van der Waals surface area (Å²) in [6, 6.07) is 44.4. The second-order valence-corrected chi connectivity index (χ2v) is 12.1. The summed E-state index contributed by atoms with van der Waals surface area (Å²) in [4.78, 5) is 4.91. The second kappa shape index (κ2) is 8.69. The van der Waals surface area contributed by atoms with Crippen molar-refractivity contribution in [2.75, 3.05) is 0 Å². The molecule has 0 bridgehead atoms. The van der Waals surface area contributed by atoms with Crippen LogP contribution in [-0.2, 0) is 0 Å². The molecule has 4 nitrogen and oxygen atoms in total. The molecule has 10 rings (SSSR count). The summed E-state index contributed by atoms with van der Waals surface area (Å²) in [5.74, 6) is 0. The average molecular weight is 563 g/mol. The number of hydrogen-bond donors (Lipinski definition) is 0. The third-order valence-electron chi connectivity index (χ3n) is 9.90. The molecule has 6 aromatic carbocycles. The number of rotatable bonds is 1. The van der Waals surface area contributed by atoms with Gasteiger partial charge in [-0.2, -0.15) is 5.26 Å². The van der Waals surface area contributed by atoms with Gasteiger partial charge in [0.1, 0.15) is 11.8 Å². The van der Waals surface area contributed by atoms with Crippen LogP contribution in [0.1, 0.15) is 30.9 Å². The Kier molecular flexibility index (Phi) is 4.71. The lowest BCUT2D eigenvalue weighted by Crippen LogP contribution is -2.14. The number of aliphatic imine (C=N–C) groups is 1. The van der Waals surface area contributed by atoms with E-state index >= 15 is 0 Å². The van der Waals surface area contributed by atoms with E-state index in [4.69, 9.17) is 4.99 Å². The van der Waals surface area contributed by atoms with Crippen molar-refractivity contribution in [2.24, 2.45) is 4.99 Å². The maximum absolute atomic E-state index is 9.82. The van der Waals surface area contributed by atoms with Crippen molar-refractivity contribution in [2.45, 2.75) is 25.3 Å². The highest BCUT2D eigenvalue weighted by molar-refractivity contribution is 6.35. The number of nitrogens with zero attached hydrogens (tertiary/aromatic N) is 4. The Hall–Kier alpha value is -5.66. The molecule has 0 saturated carbocycles. The molecule has 0 amide bonds. The summed E-state index contributed by atoms with van der Waals surface area (Å²) in [6.45, 7) is 0. The molecule has 0 aliphatic carbocycles. The molecule has 3 aromatic heterocycles. The molecule has 4 heteroatoms. The van der Waals surface area contributed by atoms with Crippen LogP contribution < -0.4 is 0 Å². The van der Waals surface area contributed by atoms with E-state index in [0.717, 1.165) is 18.5 Å². The van der Waals surface area contributed by atoms with E-state index in [9.17, 15) is 5.26 Å². The molecule has 0 spiro atoms. The number of benzene rings is 6. The van der Waals surface area contributed by atoms with Crippen molar-refractivity contribution < 1.29 is 0 Å². The highest BCUT2D eigenvalue weighted by Crippen LogP contribution is 2.49. The van der Waals surface area contributed by atoms with E-state index in [0.29, 0.717) is 12.1 Å². The van der Waals surface area contributed by atoms with Crippen LogP contribution in [0.2, 0.25) is 0 Å². The molecule has 44 heavy (non-hydrogen) atoms. The normalized spacial score (nSPS) is 15.8. The van der Waals surface area contributed by atoms with E-state index in [2.05, 4.69) is 124 Å². The largest absolute Gasteiger partial charge is 0.332 e. The predicted molar refractivity (Wildman–Crippen MR) is 183 cm³/mol. The maximum atomic E-state index is 9.82. The monoisotopic (exact) mass is 562 g/mol. The van der Waals surface area contributed by atoms with Gasteiger partial charge in [0.15, 0.2) is 0 Å². The highest BCUT2D eigenvalue weighted by Gasteiger charge is 2.29. The fraction of sp³-hybridized carbons (Fsp3) is 0.100. The average Bonchev–Trinajstić information content (AvgIpc) is 3.70. The van der Waals surface area contributed by atoms with Crippen molar-refractivity contribution in [3.8, 4) is 6.07 Å². The van der Waals surface area contributed by atoms with Crippen molar-refractivity contribution in [3.63, 3.8) is 0 Å². The van der Waals surface area contributed by atoms with E-state index in [1.807, 2.05) is 6.07 Å². The molecule has 0 fully saturated rings. The van der Waals surface area contributed by atoms with Gasteiger partial charge < -0.3 is 8.97 Å². The standard InChI is InChI=1S/C40H26N4/c41-23-25-11-9-19-35(29-14-3-6-16-33(29)42-25)44-38-26-12-2-1-10-24(26)20-21-28(38)32-22-31-27-13-4-7-17-34(27)43-36-18-8-5-15-30(36)37(39(31)43)40(32)44/h1-8,10,12-18,20-22,35H,9,11,19H2. The molecule has 0 radical (unpaired) electrons. The Bertz CT molecular complexity index is 2710. The molecule has 0 saturated heterocycles. The van der Waals surface area contributed by atoms with Gasteiger partial charge in [-0.15, -0.1) is 0 Å². The van der Waals surface area contributed by atoms with Gasteiger partial charge in [0.2, 0.25) is 0 Å². The Morgan fingerprint density at radius 3 is 2.20 bits per heavy atom. The fourth-order valence-electron chi connectivity index (χ4n) is 8.15.